The van der Waals surface area contributed by atoms with E-state index in [-0.39, 0.29) is 11.2 Å². The molecular formula is C19H21N3O2S. The molecule has 1 aromatic heterocycles. The molecule has 1 aliphatic heterocycles. The largest absolute Gasteiger partial charge is 0.463 e. The van der Waals surface area contributed by atoms with Crippen LogP contribution >= 0.6 is 11.8 Å². The number of carbonyl (C=O) groups is 1. The van der Waals surface area contributed by atoms with Crippen LogP contribution in [0.1, 0.15) is 37.5 Å². The van der Waals surface area contributed by atoms with E-state index in [1.165, 1.54) is 11.8 Å². The van der Waals surface area contributed by atoms with Crippen LogP contribution in [0.15, 0.2) is 63.3 Å². The number of thioether (sulfide) groups is 1. The molecule has 2 aromatic rings. The molecule has 130 valence electrons. The number of amidine groups is 1. The van der Waals surface area contributed by atoms with Crippen molar-refractivity contribution in [2.24, 2.45) is 10.2 Å². The summed E-state index contributed by atoms with van der Waals surface area (Å²) in [6.45, 7) is 2.65. The Morgan fingerprint density at radius 2 is 2.08 bits per heavy atom. The van der Waals surface area contributed by atoms with E-state index >= 15 is 0 Å². The van der Waals surface area contributed by atoms with E-state index in [1.54, 1.807) is 23.4 Å². The minimum absolute atomic E-state index is 0.0683. The third-order valence-corrected chi connectivity index (χ3v) is 5.13. The molecule has 0 N–H and O–H groups in total. The minimum atomic E-state index is -0.0683. The van der Waals surface area contributed by atoms with Crippen molar-refractivity contribution in [3.63, 3.8) is 0 Å². The highest BCUT2D eigenvalue weighted by Crippen LogP contribution is 2.32. The summed E-state index contributed by atoms with van der Waals surface area (Å²) < 4.78 is 5.21. The molecule has 1 atom stereocenters. The molecule has 5 nitrogen and oxygen atoms in total. The summed E-state index contributed by atoms with van der Waals surface area (Å²) in [5, 5.41) is 8.95. The average molecular weight is 355 g/mol. The maximum atomic E-state index is 12.8. The Balaban J connectivity index is 1.77. The van der Waals surface area contributed by atoms with Crippen molar-refractivity contribution >= 4 is 29.1 Å². The first-order chi connectivity index (χ1) is 12.3. The van der Waals surface area contributed by atoms with Crippen molar-refractivity contribution in [3.8, 4) is 0 Å². The predicted molar refractivity (Wildman–Crippen MR) is 102 cm³/mol. The van der Waals surface area contributed by atoms with Gasteiger partial charge < -0.3 is 4.42 Å². The van der Waals surface area contributed by atoms with E-state index in [9.17, 15) is 4.79 Å². The molecule has 1 aliphatic rings. The monoisotopic (exact) mass is 355 g/mol. The van der Waals surface area contributed by atoms with Gasteiger partial charge in [0, 0.05) is 0 Å². The molecule has 0 aliphatic carbocycles. The molecule has 1 aromatic carbocycles. The summed E-state index contributed by atoms with van der Waals surface area (Å²) in [7, 11) is 0. The Morgan fingerprint density at radius 1 is 1.24 bits per heavy atom. The maximum Gasteiger partial charge on any atom is 0.242 e. The lowest BCUT2D eigenvalue weighted by atomic mass is 10.1. The average Bonchev–Trinajstić information content (AvgIpc) is 3.25. The van der Waals surface area contributed by atoms with Crippen molar-refractivity contribution in [1.82, 2.24) is 4.90 Å². The van der Waals surface area contributed by atoms with Gasteiger partial charge in [0.2, 0.25) is 5.91 Å². The molecule has 0 spiro atoms. The number of rotatable bonds is 7. The van der Waals surface area contributed by atoms with Crippen molar-refractivity contribution in [2.75, 3.05) is 0 Å². The molecule has 1 amide bonds. The second-order valence-electron chi connectivity index (χ2n) is 5.80. The topological polar surface area (TPSA) is 58.2 Å². The van der Waals surface area contributed by atoms with Gasteiger partial charge in [0.25, 0.3) is 0 Å². The Labute approximate surface area is 151 Å². The van der Waals surface area contributed by atoms with Crippen molar-refractivity contribution < 1.29 is 9.21 Å². The molecule has 0 radical (unpaired) electrons. The first-order valence-electron chi connectivity index (χ1n) is 8.44. The highest BCUT2D eigenvalue weighted by atomic mass is 32.2. The minimum Gasteiger partial charge on any atom is -0.463 e. The fourth-order valence-corrected chi connectivity index (χ4v) is 3.71. The highest BCUT2D eigenvalue weighted by molar-refractivity contribution is 8.15. The first kappa shape index (κ1) is 17.5. The summed E-state index contributed by atoms with van der Waals surface area (Å²) in [6, 6.07) is 13.6. The van der Waals surface area contributed by atoms with Gasteiger partial charge in [-0.25, -0.2) is 0 Å². The number of benzene rings is 1. The fraction of sp³-hybridized carbons (Fsp3) is 0.316. The number of amides is 1. The predicted octanol–water partition coefficient (Wildman–Crippen LogP) is 4.30. The van der Waals surface area contributed by atoms with E-state index in [0.717, 1.165) is 24.8 Å². The van der Waals surface area contributed by atoms with Crippen LogP contribution in [0, 0.1) is 0 Å². The van der Waals surface area contributed by atoms with Gasteiger partial charge in [0.15, 0.2) is 5.17 Å². The van der Waals surface area contributed by atoms with Crippen molar-refractivity contribution in [1.29, 1.82) is 0 Å². The molecule has 3 rings (SSSR count). The fourth-order valence-electron chi connectivity index (χ4n) is 2.57. The number of unbranched alkanes of at least 4 members (excludes halogenated alkanes) is 1. The molecular weight excluding hydrogens is 334 g/mol. The SMILES string of the molecule is CCCC[C@H]1S/C(=N/N=C\c2ccco2)N(Cc2ccccc2)C1=O. The van der Waals surface area contributed by atoms with Crippen LogP contribution in [-0.2, 0) is 11.3 Å². The Morgan fingerprint density at radius 3 is 2.80 bits per heavy atom. The molecule has 1 fully saturated rings. The molecule has 0 unspecified atom stereocenters. The van der Waals surface area contributed by atoms with Gasteiger partial charge in [0.1, 0.15) is 5.76 Å². The molecule has 25 heavy (non-hydrogen) atoms. The molecule has 0 saturated carbocycles. The third-order valence-electron chi connectivity index (χ3n) is 3.89. The Hall–Kier alpha value is -2.34. The van der Waals surface area contributed by atoms with E-state index in [2.05, 4.69) is 17.1 Å². The second kappa shape index (κ2) is 8.67. The van der Waals surface area contributed by atoms with E-state index in [4.69, 9.17) is 4.42 Å². The number of hydrogen-bond acceptors (Lipinski definition) is 5. The first-order valence-corrected chi connectivity index (χ1v) is 9.32. The van der Waals surface area contributed by atoms with Gasteiger partial charge >= 0.3 is 0 Å². The number of nitrogens with zero attached hydrogens (tertiary/aromatic N) is 3. The van der Waals surface area contributed by atoms with Crippen LogP contribution in [0.25, 0.3) is 0 Å². The van der Waals surface area contributed by atoms with Crippen LogP contribution in [0.4, 0.5) is 0 Å². The lowest BCUT2D eigenvalue weighted by Gasteiger charge is -2.15. The van der Waals surface area contributed by atoms with Gasteiger partial charge in [-0.1, -0.05) is 61.9 Å². The van der Waals surface area contributed by atoms with Crippen LogP contribution in [0.3, 0.4) is 0 Å². The number of carbonyl (C=O) groups excluding carboxylic acids is 1. The second-order valence-corrected chi connectivity index (χ2v) is 6.97. The number of hydrogen-bond donors (Lipinski definition) is 0. The maximum absolute atomic E-state index is 12.8. The summed E-state index contributed by atoms with van der Waals surface area (Å²) in [6.07, 6.45) is 6.12. The molecule has 0 bridgehead atoms. The summed E-state index contributed by atoms with van der Waals surface area (Å²) in [4.78, 5) is 14.5. The van der Waals surface area contributed by atoms with E-state index in [1.807, 2.05) is 36.4 Å². The van der Waals surface area contributed by atoms with E-state index in [0.29, 0.717) is 17.5 Å². The zero-order valence-electron chi connectivity index (χ0n) is 14.2. The van der Waals surface area contributed by atoms with Crippen molar-refractivity contribution in [2.45, 2.75) is 38.0 Å². The van der Waals surface area contributed by atoms with E-state index < -0.39 is 0 Å². The van der Waals surface area contributed by atoms with Gasteiger partial charge in [-0.2, -0.15) is 5.10 Å². The van der Waals surface area contributed by atoms with Crippen LogP contribution < -0.4 is 0 Å². The Bertz CT molecular complexity index is 741. The normalized spacial score (nSPS) is 19.4. The summed E-state index contributed by atoms with van der Waals surface area (Å²) >= 11 is 1.51. The van der Waals surface area contributed by atoms with Gasteiger partial charge in [-0.3, -0.25) is 9.69 Å². The zero-order valence-corrected chi connectivity index (χ0v) is 15.0. The van der Waals surface area contributed by atoms with Gasteiger partial charge in [-0.15, -0.1) is 5.10 Å². The lowest BCUT2D eigenvalue weighted by molar-refractivity contribution is -0.126. The van der Waals surface area contributed by atoms with Gasteiger partial charge in [0.05, 0.1) is 24.3 Å². The van der Waals surface area contributed by atoms with Crippen LogP contribution in [-0.4, -0.2) is 27.4 Å². The molecule has 1 saturated heterocycles. The standard InChI is InChI=1S/C19H21N3O2S/c1-2-3-11-17-18(23)22(14-15-8-5-4-6-9-15)19(25-17)21-20-13-16-10-7-12-24-16/h4-10,12-13,17H,2-3,11,14H2,1H3/b20-13-,21-19+/t17-/m1/s1. The smallest absolute Gasteiger partial charge is 0.242 e. The van der Waals surface area contributed by atoms with Crippen LogP contribution in [0.5, 0.6) is 0 Å². The summed E-state index contributed by atoms with van der Waals surface area (Å²) in [5.41, 5.74) is 1.08. The molecule has 6 heteroatoms. The highest BCUT2D eigenvalue weighted by Gasteiger charge is 2.37. The number of furan rings is 1. The van der Waals surface area contributed by atoms with Crippen LogP contribution in [0.2, 0.25) is 0 Å². The van der Waals surface area contributed by atoms with Gasteiger partial charge in [-0.05, 0) is 24.1 Å². The summed E-state index contributed by atoms with van der Waals surface area (Å²) in [5.74, 6) is 0.755. The zero-order chi connectivity index (χ0) is 17.5. The van der Waals surface area contributed by atoms with Crippen molar-refractivity contribution in [3.05, 3.63) is 60.1 Å². The third kappa shape index (κ3) is 4.60. The Kier molecular flexibility index (Phi) is 6.06. The lowest BCUT2D eigenvalue weighted by Crippen LogP contribution is -2.31. The molecule has 2 heterocycles. The quantitative estimate of drug-likeness (QED) is 0.549.